The number of aromatic amines is 3. The lowest BCUT2D eigenvalue weighted by molar-refractivity contribution is 0.657. The third kappa shape index (κ3) is 2.55. The molecule has 0 unspecified atom stereocenters. The summed E-state index contributed by atoms with van der Waals surface area (Å²) in [6, 6.07) is 9.15. The number of rotatable bonds is 3. The summed E-state index contributed by atoms with van der Waals surface area (Å²) in [4.78, 5) is 13.1. The molecule has 0 aliphatic rings. The van der Waals surface area contributed by atoms with Crippen molar-refractivity contribution in [3.8, 4) is 33.1 Å². The molecule has 0 radical (unpaired) electrons. The normalized spacial score (nSPS) is 11.6. The van der Waals surface area contributed by atoms with Gasteiger partial charge < -0.3 is 4.98 Å². The molecule has 3 N–H and O–H groups in total. The second kappa shape index (κ2) is 6.08. The summed E-state index contributed by atoms with van der Waals surface area (Å²) in [7, 11) is 0. The molecule has 0 fully saturated rings. The minimum atomic E-state index is -0.230. The van der Waals surface area contributed by atoms with Crippen LogP contribution >= 0.6 is 11.3 Å². The highest BCUT2D eigenvalue weighted by atomic mass is 32.1. The van der Waals surface area contributed by atoms with E-state index >= 15 is 0 Å². The van der Waals surface area contributed by atoms with E-state index in [1.807, 2.05) is 24.4 Å². The monoisotopic (exact) mass is 401 g/mol. The lowest BCUT2D eigenvalue weighted by Gasteiger charge is -1.98. The molecule has 0 saturated carbocycles. The van der Waals surface area contributed by atoms with E-state index in [0.29, 0.717) is 5.65 Å². The van der Waals surface area contributed by atoms with E-state index in [9.17, 15) is 4.39 Å². The minimum Gasteiger partial charge on any atom is -0.353 e. The van der Waals surface area contributed by atoms with E-state index in [2.05, 4.69) is 35.3 Å². The van der Waals surface area contributed by atoms with Gasteiger partial charge in [0.05, 0.1) is 28.2 Å². The maximum Gasteiger partial charge on any atom is 0.181 e. The van der Waals surface area contributed by atoms with Gasteiger partial charge in [-0.15, -0.1) is 11.3 Å². The molecule has 6 aromatic heterocycles. The van der Waals surface area contributed by atoms with Crippen LogP contribution in [-0.2, 0) is 0 Å². The first-order chi connectivity index (χ1) is 14.3. The topological polar surface area (TPSA) is 98.9 Å². The van der Waals surface area contributed by atoms with Gasteiger partial charge in [0.1, 0.15) is 0 Å². The van der Waals surface area contributed by atoms with Gasteiger partial charge in [0.15, 0.2) is 10.8 Å². The average Bonchev–Trinajstić information content (AvgIpc) is 3.51. The van der Waals surface area contributed by atoms with Crippen molar-refractivity contribution in [2.24, 2.45) is 0 Å². The molecule has 29 heavy (non-hydrogen) atoms. The van der Waals surface area contributed by atoms with Crippen molar-refractivity contribution in [2.75, 3.05) is 0 Å². The molecule has 0 amide bonds. The predicted molar refractivity (Wildman–Crippen MR) is 110 cm³/mol. The van der Waals surface area contributed by atoms with Crippen molar-refractivity contribution in [3.63, 3.8) is 0 Å². The van der Waals surface area contributed by atoms with Crippen LogP contribution in [0.3, 0.4) is 0 Å². The van der Waals surface area contributed by atoms with Crippen molar-refractivity contribution < 1.29 is 4.39 Å². The van der Waals surface area contributed by atoms with Gasteiger partial charge in [-0.3, -0.25) is 15.2 Å². The highest BCUT2D eigenvalue weighted by molar-refractivity contribution is 7.13. The first-order valence-corrected chi connectivity index (χ1v) is 9.65. The number of pyridine rings is 2. The molecule has 140 valence electrons. The highest BCUT2D eigenvalue weighted by Gasteiger charge is 2.16. The molecule has 0 atom stereocenters. The summed E-state index contributed by atoms with van der Waals surface area (Å²) in [6.45, 7) is 0. The zero-order valence-electron chi connectivity index (χ0n) is 14.8. The molecule has 6 rings (SSSR count). The molecule has 0 spiro atoms. The Hall–Kier alpha value is -3.85. The van der Waals surface area contributed by atoms with Crippen LogP contribution < -0.4 is 0 Å². The van der Waals surface area contributed by atoms with Crippen molar-refractivity contribution in [2.45, 2.75) is 0 Å². The molecule has 0 bridgehead atoms. The van der Waals surface area contributed by atoms with Crippen LogP contribution in [0.1, 0.15) is 0 Å². The zero-order chi connectivity index (χ0) is 19.4. The summed E-state index contributed by atoms with van der Waals surface area (Å²) >= 11 is 1.08. The fourth-order valence-corrected chi connectivity index (χ4v) is 4.24. The number of fused-ring (bicyclic) bond motifs is 2. The average molecular weight is 401 g/mol. The second-order valence-corrected chi connectivity index (χ2v) is 7.62. The van der Waals surface area contributed by atoms with Gasteiger partial charge in [-0.25, -0.2) is 4.98 Å². The fourth-order valence-electron chi connectivity index (χ4n) is 3.50. The van der Waals surface area contributed by atoms with E-state index < -0.39 is 0 Å². The minimum absolute atomic E-state index is 0.230. The molecular formula is C20H12FN7S. The summed E-state index contributed by atoms with van der Waals surface area (Å²) < 4.78 is 13.5. The maximum atomic E-state index is 13.5. The molecule has 0 aromatic carbocycles. The zero-order valence-corrected chi connectivity index (χ0v) is 15.6. The molecule has 7 nitrogen and oxygen atoms in total. The Bertz CT molecular complexity index is 1480. The predicted octanol–water partition coefficient (Wildman–Crippen LogP) is 4.76. The Labute approximate surface area is 166 Å². The van der Waals surface area contributed by atoms with Crippen LogP contribution in [0.2, 0.25) is 0 Å². The number of hydrogen-bond donors (Lipinski definition) is 3. The standard InChI is InChI=1S/C20H12FN7S/c21-17-2-1-16(29-17)19-12-6-15(26-14(12)3-4-22-19)18-13-5-10(11-8-24-25-9-11)7-23-20(13)28-27-18/h1-9,26H,(H,24,25)(H,23,27,28). The quantitative estimate of drug-likeness (QED) is 0.398. The van der Waals surface area contributed by atoms with Gasteiger partial charge in [0.25, 0.3) is 0 Å². The fraction of sp³-hybridized carbons (Fsp3) is 0. The van der Waals surface area contributed by atoms with E-state index in [1.54, 1.807) is 24.7 Å². The molecule has 0 saturated heterocycles. The van der Waals surface area contributed by atoms with Crippen LogP contribution in [-0.4, -0.2) is 35.3 Å². The maximum absolute atomic E-state index is 13.5. The van der Waals surface area contributed by atoms with Gasteiger partial charge in [-0.05, 0) is 30.3 Å². The summed E-state index contributed by atoms with van der Waals surface area (Å²) in [6.07, 6.45) is 7.07. The van der Waals surface area contributed by atoms with Gasteiger partial charge >= 0.3 is 0 Å². The third-order valence-corrected chi connectivity index (χ3v) is 5.75. The van der Waals surface area contributed by atoms with E-state index in [4.69, 9.17) is 0 Å². The van der Waals surface area contributed by atoms with Gasteiger partial charge in [-0.2, -0.15) is 14.6 Å². The first-order valence-electron chi connectivity index (χ1n) is 8.83. The number of nitrogens with zero attached hydrogens (tertiary/aromatic N) is 4. The Morgan fingerprint density at radius 2 is 1.93 bits per heavy atom. The molecular weight excluding hydrogens is 389 g/mol. The van der Waals surface area contributed by atoms with Gasteiger partial charge in [-0.1, -0.05) is 0 Å². The summed E-state index contributed by atoms with van der Waals surface area (Å²) in [5.74, 6) is 0. The van der Waals surface area contributed by atoms with Gasteiger partial charge in [0.2, 0.25) is 0 Å². The highest BCUT2D eigenvalue weighted by Crippen LogP contribution is 2.35. The van der Waals surface area contributed by atoms with E-state index in [-0.39, 0.29) is 5.13 Å². The Kier molecular flexibility index (Phi) is 3.38. The van der Waals surface area contributed by atoms with Crippen molar-refractivity contribution in [3.05, 3.63) is 60.3 Å². The summed E-state index contributed by atoms with van der Waals surface area (Å²) in [5.41, 5.74) is 5.89. The third-order valence-electron chi connectivity index (χ3n) is 4.87. The molecule has 0 aliphatic heterocycles. The molecule has 0 aliphatic carbocycles. The van der Waals surface area contributed by atoms with Crippen LogP contribution in [0.25, 0.3) is 55.0 Å². The molecule has 6 aromatic rings. The van der Waals surface area contributed by atoms with E-state index in [1.165, 1.54) is 6.07 Å². The summed E-state index contributed by atoms with van der Waals surface area (Å²) in [5, 5.41) is 15.8. The number of nitrogens with one attached hydrogen (secondary N) is 3. The molecule has 9 heteroatoms. The number of hydrogen-bond acceptors (Lipinski definition) is 5. The number of halogens is 1. The second-order valence-electron chi connectivity index (χ2n) is 6.59. The van der Waals surface area contributed by atoms with Crippen molar-refractivity contribution >= 4 is 33.3 Å². The molecule has 6 heterocycles. The number of thiophene rings is 1. The number of H-pyrrole nitrogens is 3. The first kappa shape index (κ1) is 16.1. The van der Waals surface area contributed by atoms with Gasteiger partial charge in [0, 0.05) is 46.0 Å². The van der Waals surface area contributed by atoms with Crippen LogP contribution in [0, 0.1) is 5.13 Å². The van der Waals surface area contributed by atoms with E-state index in [0.717, 1.165) is 60.7 Å². The SMILES string of the molecule is Fc1ccc(-c2nccc3[nH]c(-c4[nH]nc5ncc(-c6cn[nH]c6)cc45)cc23)s1. The van der Waals surface area contributed by atoms with Crippen molar-refractivity contribution in [1.29, 1.82) is 0 Å². The Morgan fingerprint density at radius 3 is 2.76 bits per heavy atom. The van der Waals surface area contributed by atoms with Crippen molar-refractivity contribution in [1.82, 2.24) is 35.3 Å². The largest absolute Gasteiger partial charge is 0.353 e. The Morgan fingerprint density at radius 1 is 0.966 bits per heavy atom. The van der Waals surface area contributed by atoms with Crippen LogP contribution in [0.15, 0.2) is 55.1 Å². The smallest absolute Gasteiger partial charge is 0.181 e. The Balaban J connectivity index is 1.53. The number of aromatic nitrogens is 7. The lowest BCUT2D eigenvalue weighted by Crippen LogP contribution is -1.81. The lowest BCUT2D eigenvalue weighted by atomic mass is 10.1. The van der Waals surface area contributed by atoms with Crippen LogP contribution in [0.4, 0.5) is 4.39 Å². The van der Waals surface area contributed by atoms with Crippen LogP contribution in [0.5, 0.6) is 0 Å².